The van der Waals surface area contributed by atoms with Crippen molar-refractivity contribution in [3.05, 3.63) is 28.8 Å². The van der Waals surface area contributed by atoms with Crippen LogP contribution in [0.25, 0.3) is 0 Å². The molecule has 1 atom stereocenters. The quantitative estimate of drug-likeness (QED) is 0.809. The topological polar surface area (TPSA) is 48.0 Å². The second-order valence-electron chi connectivity index (χ2n) is 2.51. The molecule has 1 heterocycles. The van der Waals surface area contributed by atoms with Crippen molar-refractivity contribution in [3.63, 3.8) is 0 Å². The van der Waals surface area contributed by atoms with Gasteiger partial charge >= 0.3 is 0 Å². The molecule has 78 valence electrons. The summed E-state index contributed by atoms with van der Waals surface area (Å²) in [7, 11) is 0. The number of pyridine rings is 1. The molecule has 1 aromatic rings. The summed E-state index contributed by atoms with van der Waals surface area (Å²) in [5.74, 6) is -0.0860. The smallest absolute Gasteiger partial charge is 0.164 e. The second-order valence-corrected chi connectivity index (χ2v) is 4.47. The van der Waals surface area contributed by atoms with E-state index in [1.165, 1.54) is 12.3 Å². The fourth-order valence-corrected chi connectivity index (χ4v) is 1.50. The third kappa shape index (κ3) is 3.09. The third-order valence-corrected chi connectivity index (χ3v) is 2.86. The largest absolute Gasteiger partial charge is 0.598 e. The highest BCUT2D eigenvalue weighted by Crippen LogP contribution is 2.15. The van der Waals surface area contributed by atoms with E-state index in [1.54, 1.807) is 6.92 Å². The van der Waals surface area contributed by atoms with Crippen LogP contribution in [0.4, 0.5) is 4.39 Å². The van der Waals surface area contributed by atoms with Gasteiger partial charge in [-0.05, 0) is 13.0 Å². The van der Waals surface area contributed by atoms with Gasteiger partial charge < -0.3 is 4.55 Å². The lowest BCUT2D eigenvalue weighted by Crippen LogP contribution is -2.25. The average Bonchev–Trinajstić information content (AvgIpc) is 2.20. The predicted molar refractivity (Wildman–Crippen MR) is 54.7 cm³/mol. The average molecular weight is 237 g/mol. The molecule has 0 spiro atoms. The zero-order valence-electron chi connectivity index (χ0n) is 7.59. The minimum absolute atomic E-state index is 0.0269. The van der Waals surface area contributed by atoms with Crippen LogP contribution in [0.1, 0.15) is 12.6 Å². The maximum atomic E-state index is 13.2. The Bertz CT molecular complexity index is 313. The number of hydrogen-bond acceptors (Lipinski definition) is 3. The third-order valence-electron chi connectivity index (χ3n) is 1.58. The van der Waals surface area contributed by atoms with Crippen LogP contribution in [0.2, 0.25) is 5.02 Å². The minimum Gasteiger partial charge on any atom is -0.598 e. The number of aromatic nitrogens is 1. The van der Waals surface area contributed by atoms with Gasteiger partial charge in [-0.15, -0.1) is 4.72 Å². The van der Waals surface area contributed by atoms with Gasteiger partial charge in [0.2, 0.25) is 0 Å². The SMILES string of the molecule is CC[S@+]([O-])NCc1nccc(Cl)c1F. The van der Waals surface area contributed by atoms with E-state index in [0.29, 0.717) is 5.75 Å². The van der Waals surface area contributed by atoms with E-state index in [4.69, 9.17) is 11.6 Å². The van der Waals surface area contributed by atoms with Crippen molar-refractivity contribution in [1.29, 1.82) is 0 Å². The molecule has 0 aliphatic rings. The first-order valence-electron chi connectivity index (χ1n) is 4.06. The van der Waals surface area contributed by atoms with Crippen LogP contribution in [0.5, 0.6) is 0 Å². The summed E-state index contributed by atoms with van der Waals surface area (Å²) in [4.78, 5) is 3.79. The number of nitrogens with zero attached hydrogens (tertiary/aromatic N) is 1. The molecule has 0 aliphatic heterocycles. The summed E-state index contributed by atoms with van der Waals surface area (Å²) in [5, 5.41) is 0.0269. The summed E-state index contributed by atoms with van der Waals surface area (Å²) in [6, 6.07) is 1.37. The van der Waals surface area contributed by atoms with E-state index < -0.39 is 17.2 Å². The van der Waals surface area contributed by atoms with E-state index in [2.05, 4.69) is 9.71 Å². The van der Waals surface area contributed by atoms with Crippen LogP contribution in [-0.2, 0) is 17.9 Å². The fourth-order valence-electron chi connectivity index (χ4n) is 0.835. The summed E-state index contributed by atoms with van der Waals surface area (Å²) >= 11 is 4.40. The maximum absolute atomic E-state index is 13.2. The van der Waals surface area contributed by atoms with Crippen molar-refractivity contribution in [2.24, 2.45) is 0 Å². The predicted octanol–water partition coefficient (Wildman–Crippen LogP) is 1.65. The number of nitrogens with one attached hydrogen (secondary N) is 1. The lowest BCUT2D eigenvalue weighted by atomic mass is 10.3. The number of hydrogen-bond donors (Lipinski definition) is 1. The Kier molecular flexibility index (Phi) is 4.60. The molecule has 3 nitrogen and oxygen atoms in total. The highest BCUT2D eigenvalue weighted by atomic mass is 35.5. The number of rotatable bonds is 4. The van der Waals surface area contributed by atoms with Gasteiger partial charge in [0.15, 0.2) is 5.82 Å². The van der Waals surface area contributed by atoms with E-state index in [1.807, 2.05) is 0 Å². The van der Waals surface area contributed by atoms with Crippen molar-refractivity contribution in [3.8, 4) is 0 Å². The Morgan fingerprint density at radius 3 is 3.07 bits per heavy atom. The molecule has 1 rings (SSSR count). The summed E-state index contributed by atoms with van der Waals surface area (Å²) in [6.45, 7) is 1.89. The van der Waals surface area contributed by atoms with Gasteiger partial charge in [-0.1, -0.05) is 11.6 Å². The Morgan fingerprint density at radius 2 is 2.43 bits per heavy atom. The van der Waals surface area contributed by atoms with Crippen LogP contribution >= 0.6 is 11.6 Å². The molecule has 0 radical (unpaired) electrons. The second kappa shape index (κ2) is 5.50. The van der Waals surface area contributed by atoms with Crippen LogP contribution in [0, 0.1) is 5.82 Å². The van der Waals surface area contributed by atoms with Crippen molar-refractivity contribution < 1.29 is 8.94 Å². The van der Waals surface area contributed by atoms with Gasteiger partial charge in [-0.25, -0.2) is 4.39 Å². The molecule has 0 unspecified atom stereocenters. The Hall–Kier alpha value is -0.360. The van der Waals surface area contributed by atoms with Crippen LogP contribution in [-0.4, -0.2) is 15.3 Å². The van der Waals surface area contributed by atoms with Gasteiger partial charge in [0.05, 0.1) is 17.3 Å². The molecule has 0 fully saturated rings. The van der Waals surface area contributed by atoms with Crippen LogP contribution < -0.4 is 4.72 Å². The first kappa shape index (κ1) is 11.7. The molecule has 0 saturated carbocycles. The zero-order chi connectivity index (χ0) is 10.6. The van der Waals surface area contributed by atoms with Crippen molar-refractivity contribution in [2.45, 2.75) is 13.5 Å². The van der Waals surface area contributed by atoms with Crippen LogP contribution in [0.15, 0.2) is 12.3 Å². The molecule has 0 aromatic carbocycles. The van der Waals surface area contributed by atoms with Crippen LogP contribution in [0.3, 0.4) is 0 Å². The van der Waals surface area contributed by atoms with E-state index in [0.717, 1.165) is 0 Å². The van der Waals surface area contributed by atoms with Gasteiger partial charge in [-0.2, -0.15) is 0 Å². The van der Waals surface area contributed by atoms with Gasteiger partial charge in [0.1, 0.15) is 5.75 Å². The van der Waals surface area contributed by atoms with Crippen molar-refractivity contribution in [2.75, 3.05) is 5.75 Å². The van der Waals surface area contributed by atoms with Crippen molar-refractivity contribution >= 4 is 23.0 Å². The molecule has 1 aromatic heterocycles. The molecule has 0 saturated heterocycles. The summed E-state index contributed by atoms with van der Waals surface area (Å²) < 4.78 is 26.8. The van der Waals surface area contributed by atoms with Gasteiger partial charge in [0, 0.05) is 17.6 Å². The lowest BCUT2D eigenvalue weighted by Gasteiger charge is -2.08. The normalized spacial score (nSPS) is 12.9. The molecule has 14 heavy (non-hydrogen) atoms. The Morgan fingerprint density at radius 1 is 1.71 bits per heavy atom. The van der Waals surface area contributed by atoms with E-state index >= 15 is 0 Å². The Labute approximate surface area is 90.0 Å². The highest BCUT2D eigenvalue weighted by molar-refractivity contribution is 7.89. The monoisotopic (exact) mass is 236 g/mol. The van der Waals surface area contributed by atoms with E-state index in [9.17, 15) is 8.94 Å². The Balaban J connectivity index is 2.63. The molecule has 0 amide bonds. The molecule has 6 heteroatoms. The standard InChI is InChI=1S/C8H10ClFN2OS/c1-2-14(13)12-5-7-8(10)6(9)3-4-11-7/h3-4,12H,2,5H2,1H3/t14-/m0/s1. The summed E-state index contributed by atoms with van der Waals surface area (Å²) in [6.07, 6.45) is 1.41. The first-order valence-corrected chi connectivity index (χ1v) is 5.75. The maximum Gasteiger partial charge on any atom is 0.164 e. The number of halogens is 2. The van der Waals surface area contributed by atoms with Gasteiger partial charge in [0.25, 0.3) is 0 Å². The van der Waals surface area contributed by atoms with E-state index in [-0.39, 0.29) is 17.3 Å². The fraction of sp³-hybridized carbons (Fsp3) is 0.375. The highest BCUT2D eigenvalue weighted by Gasteiger charge is 2.10. The molecule has 0 aliphatic carbocycles. The lowest BCUT2D eigenvalue weighted by molar-refractivity contribution is 0.569. The zero-order valence-corrected chi connectivity index (χ0v) is 9.16. The molecular formula is C8H10ClFN2OS. The molecular weight excluding hydrogens is 227 g/mol. The summed E-state index contributed by atoms with van der Waals surface area (Å²) in [5.41, 5.74) is 0.180. The molecule has 0 bridgehead atoms. The van der Waals surface area contributed by atoms with Gasteiger partial charge in [-0.3, -0.25) is 4.98 Å². The minimum atomic E-state index is -1.14. The van der Waals surface area contributed by atoms with Crippen molar-refractivity contribution in [1.82, 2.24) is 9.71 Å². The molecule has 1 N–H and O–H groups in total. The first-order chi connectivity index (χ1) is 6.65.